The minimum absolute atomic E-state index is 0.0396. The van der Waals surface area contributed by atoms with Crippen molar-refractivity contribution >= 4 is 17.5 Å². The maximum Gasteiger partial charge on any atom is 0.256 e. The summed E-state index contributed by atoms with van der Waals surface area (Å²) in [6, 6.07) is 6.01. The molecule has 0 aliphatic heterocycles. The van der Waals surface area contributed by atoms with Crippen LogP contribution in [0.2, 0.25) is 0 Å². The number of aryl methyl sites for hydroxylation is 2. The van der Waals surface area contributed by atoms with Gasteiger partial charge in [-0.25, -0.2) is 0 Å². The lowest BCUT2D eigenvalue weighted by Gasteiger charge is -2.11. The summed E-state index contributed by atoms with van der Waals surface area (Å²) < 4.78 is 1.54. The van der Waals surface area contributed by atoms with Crippen LogP contribution in [0, 0.1) is 13.8 Å². The predicted molar refractivity (Wildman–Crippen MR) is 96.5 cm³/mol. The fourth-order valence-corrected chi connectivity index (χ4v) is 3.27. The van der Waals surface area contributed by atoms with E-state index in [4.69, 9.17) is 0 Å². The number of nitrogens with one attached hydrogen (secondary N) is 2. The van der Waals surface area contributed by atoms with E-state index < -0.39 is 0 Å². The van der Waals surface area contributed by atoms with Gasteiger partial charge in [-0.3, -0.25) is 14.3 Å². The molecule has 132 valence electrons. The first-order valence-corrected chi connectivity index (χ1v) is 8.71. The Balaban J connectivity index is 1.57. The Kier molecular flexibility index (Phi) is 5.16. The molecule has 1 aliphatic rings. The molecule has 0 unspecified atom stereocenters. The lowest BCUT2D eigenvalue weighted by atomic mass is 10.1. The Bertz CT molecular complexity index is 775. The summed E-state index contributed by atoms with van der Waals surface area (Å²) in [4.78, 5) is 24.4. The number of anilines is 1. The summed E-state index contributed by atoms with van der Waals surface area (Å²) in [7, 11) is 0. The minimum atomic E-state index is -0.174. The molecule has 6 heteroatoms. The molecular weight excluding hydrogens is 316 g/mol. The van der Waals surface area contributed by atoms with Crippen LogP contribution in [-0.4, -0.2) is 27.6 Å². The number of hydrogen-bond acceptors (Lipinski definition) is 3. The van der Waals surface area contributed by atoms with Gasteiger partial charge >= 0.3 is 0 Å². The smallest absolute Gasteiger partial charge is 0.256 e. The number of carbonyl (C=O) groups is 2. The summed E-state index contributed by atoms with van der Waals surface area (Å²) >= 11 is 0. The second-order valence-corrected chi connectivity index (χ2v) is 6.75. The van der Waals surface area contributed by atoms with Gasteiger partial charge in [-0.15, -0.1) is 0 Å². The van der Waals surface area contributed by atoms with E-state index in [1.807, 2.05) is 32.0 Å². The number of rotatable bonds is 5. The van der Waals surface area contributed by atoms with Crippen molar-refractivity contribution in [2.24, 2.45) is 0 Å². The topological polar surface area (TPSA) is 76.0 Å². The van der Waals surface area contributed by atoms with Gasteiger partial charge in [0.15, 0.2) is 0 Å². The molecule has 0 spiro atoms. The van der Waals surface area contributed by atoms with E-state index in [2.05, 4.69) is 15.7 Å². The molecule has 0 radical (unpaired) electrons. The van der Waals surface area contributed by atoms with Crippen molar-refractivity contribution in [3.63, 3.8) is 0 Å². The van der Waals surface area contributed by atoms with E-state index in [0.717, 1.165) is 24.0 Å². The lowest BCUT2D eigenvalue weighted by molar-refractivity contribution is -0.122. The zero-order chi connectivity index (χ0) is 17.8. The number of carbonyl (C=O) groups excluding carboxylic acids is 2. The van der Waals surface area contributed by atoms with Crippen LogP contribution in [0.25, 0.3) is 0 Å². The van der Waals surface area contributed by atoms with E-state index >= 15 is 0 Å². The van der Waals surface area contributed by atoms with E-state index in [0.29, 0.717) is 17.3 Å². The number of nitrogens with zero attached hydrogens (tertiary/aromatic N) is 2. The zero-order valence-corrected chi connectivity index (χ0v) is 14.7. The second kappa shape index (κ2) is 7.51. The Morgan fingerprint density at radius 2 is 2.00 bits per heavy atom. The number of benzene rings is 1. The maximum atomic E-state index is 12.4. The SMILES string of the molecule is Cc1ccc(C(=O)Nc2cnn(CC(=O)NC3CCCC3)c2)c(C)c1. The molecule has 3 rings (SSSR count). The predicted octanol–water partition coefficient (Wildman–Crippen LogP) is 2.81. The van der Waals surface area contributed by atoms with Crippen LogP contribution in [0.15, 0.2) is 30.6 Å². The first-order chi connectivity index (χ1) is 12.0. The van der Waals surface area contributed by atoms with Crippen molar-refractivity contribution in [1.82, 2.24) is 15.1 Å². The molecule has 1 heterocycles. The fourth-order valence-electron chi connectivity index (χ4n) is 3.27. The first kappa shape index (κ1) is 17.2. The third kappa shape index (κ3) is 4.47. The number of hydrogen-bond donors (Lipinski definition) is 2. The molecule has 0 saturated heterocycles. The van der Waals surface area contributed by atoms with E-state index in [9.17, 15) is 9.59 Å². The summed E-state index contributed by atoms with van der Waals surface area (Å²) in [6.45, 7) is 4.07. The maximum absolute atomic E-state index is 12.4. The molecule has 1 aromatic carbocycles. The van der Waals surface area contributed by atoms with Gasteiger partial charge in [-0.2, -0.15) is 5.10 Å². The van der Waals surface area contributed by atoms with Gasteiger partial charge in [0.1, 0.15) is 6.54 Å². The molecule has 25 heavy (non-hydrogen) atoms. The van der Waals surface area contributed by atoms with Gasteiger partial charge < -0.3 is 10.6 Å². The Hall–Kier alpha value is -2.63. The van der Waals surface area contributed by atoms with Crippen molar-refractivity contribution in [3.05, 3.63) is 47.3 Å². The van der Waals surface area contributed by atoms with Crippen LogP contribution < -0.4 is 10.6 Å². The Labute approximate surface area is 147 Å². The van der Waals surface area contributed by atoms with E-state index in [1.54, 1.807) is 17.1 Å². The molecule has 1 fully saturated rings. The molecule has 6 nitrogen and oxygen atoms in total. The standard InChI is InChI=1S/C19H24N4O2/c1-13-7-8-17(14(2)9-13)19(25)22-16-10-20-23(11-16)12-18(24)21-15-5-3-4-6-15/h7-11,15H,3-6,12H2,1-2H3,(H,21,24)(H,22,25). The van der Waals surface area contributed by atoms with Crippen LogP contribution in [0.5, 0.6) is 0 Å². The molecule has 0 atom stereocenters. The highest BCUT2D eigenvalue weighted by Crippen LogP contribution is 2.17. The molecule has 0 bridgehead atoms. The van der Waals surface area contributed by atoms with Crippen LogP contribution >= 0.6 is 0 Å². The molecule has 1 saturated carbocycles. The van der Waals surface area contributed by atoms with Gasteiger partial charge in [0.2, 0.25) is 5.91 Å². The normalized spacial score (nSPS) is 14.5. The van der Waals surface area contributed by atoms with Crippen LogP contribution in [0.4, 0.5) is 5.69 Å². The lowest BCUT2D eigenvalue weighted by Crippen LogP contribution is -2.35. The largest absolute Gasteiger partial charge is 0.352 e. The van der Waals surface area contributed by atoms with E-state index in [1.165, 1.54) is 12.8 Å². The average Bonchev–Trinajstić information content (AvgIpc) is 3.19. The average molecular weight is 340 g/mol. The quantitative estimate of drug-likeness (QED) is 0.879. The Morgan fingerprint density at radius 3 is 2.72 bits per heavy atom. The van der Waals surface area contributed by atoms with Gasteiger partial charge in [0, 0.05) is 17.8 Å². The summed E-state index contributed by atoms with van der Waals surface area (Å²) in [5, 5.41) is 10.0. The number of aromatic nitrogens is 2. The monoisotopic (exact) mass is 340 g/mol. The molecular formula is C19H24N4O2. The highest BCUT2D eigenvalue weighted by molar-refractivity contribution is 6.05. The molecule has 1 aliphatic carbocycles. The molecule has 1 aromatic heterocycles. The van der Waals surface area contributed by atoms with E-state index in [-0.39, 0.29) is 18.4 Å². The van der Waals surface area contributed by atoms with Crippen molar-refractivity contribution in [1.29, 1.82) is 0 Å². The van der Waals surface area contributed by atoms with Crippen molar-refractivity contribution in [2.75, 3.05) is 5.32 Å². The van der Waals surface area contributed by atoms with Gasteiger partial charge in [-0.05, 0) is 38.3 Å². The molecule has 2 aromatic rings. The highest BCUT2D eigenvalue weighted by atomic mass is 16.2. The first-order valence-electron chi connectivity index (χ1n) is 8.71. The highest BCUT2D eigenvalue weighted by Gasteiger charge is 2.17. The van der Waals surface area contributed by atoms with Crippen LogP contribution in [0.3, 0.4) is 0 Å². The second-order valence-electron chi connectivity index (χ2n) is 6.75. The third-order valence-corrected chi connectivity index (χ3v) is 4.54. The van der Waals surface area contributed by atoms with Gasteiger partial charge in [-0.1, -0.05) is 30.5 Å². The summed E-state index contributed by atoms with van der Waals surface area (Å²) in [5.41, 5.74) is 3.27. The van der Waals surface area contributed by atoms with Crippen LogP contribution in [0.1, 0.15) is 47.2 Å². The van der Waals surface area contributed by atoms with Crippen molar-refractivity contribution in [3.8, 4) is 0 Å². The van der Waals surface area contributed by atoms with Gasteiger partial charge in [0.05, 0.1) is 11.9 Å². The van der Waals surface area contributed by atoms with Crippen LogP contribution in [-0.2, 0) is 11.3 Å². The fraction of sp³-hybridized carbons (Fsp3) is 0.421. The zero-order valence-electron chi connectivity index (χ0n) is 14.7. The summed E-state index contributed by atoms with van der Waals surface area (Å²) in [6.07, 6.45) is 7.71. The minimum Gasteiger partial charge on any atom is -0.352 e. The molecule has 2 N–H and O–H groups in total. The van der Waals surface area contributed by atoms with Crippen molar-refractivity contribution < 1.29 is 9.59 Å². The number of amides is 2. The van der Waals surface area contributed by atoms with Crippen molar-refractivity contribution in [2.45, 2.75) is 52.1 Å². The Morgan fingerprint density at radius 1 is 1.24 bits per heavy atom. The van der Waals surface area contributed by atoms with Gasteiger partial charge in [0.25, 0.3) is 5.91 Å². The third-order valence-electron chi connectivity index (χ3n) is 4.54. The molecule has 2 amide bonds. The summed E-state index contributed by atoms with van der Waals surface area (Å²) in [5.74, 6) is -0.213.